The number of carbonyl (C=O) groups excluding carboxylic acids is 2. The summed E-state index contributed by atoms with van der Waals surface area (Å²) in [4.78, 5) is 22.9. The second-order valence-corrected chi connectivity index (χ2v) is 7.41. The summed E-state index contributed by atoms with van der Waals surface area (Å²) in [6.07, 6.45) is 0. The van der Waals surface area contributed by atoms with Gasteiger partial charge in [-0.3, -0.25) is 14.3 Å². The summed E-state index contributed by atoms with van der Waals surface area (Å²) in [5.74, 6) is -3.71. The molecule has 0 atom stereocenters. The fourth-order valence-electron chi connectivity index (χ4n) is 2.13. The molecule has 3 N–H and O–H groups in total. The number of hydrogen-bond donors (Lipinski definition) is 3. The van der Waals surface area contributed by atoms with Crippen LogP contribution in [0, 0.1) is 11.6 Å². The van der Waals surface area contributed by atoms with Gasteiger partial charge in [0.15, 0.2) is 11.6 Å². The molecule has 0 bridgehead atoms. The lowest BCUT2D eigenvalue weighted by Gasteiger charge is -2.10. The zero-order chi connectivity index (χ0) is 20.0. The number of rotatable bonds is 7. The van der Waals surface area contributed by atoms with Crippen molar-refractivity contribution in [3.63, 3.8) is 0 Å². The molecule has 0 spiro atoms. The highest BCUT2D eigenvalue weighted by Gasteiger charge is 2.13. The summed E-state index contributed by atoms with van der Waals surface area (Å²) in [6.45, 7) is 1.09. The van der Waals surface area contributed by atoms with Crippen LogP contribution >= 0.6 is 0 Å². The predicted molar refractivity (Wildman–Crippen MR) is 96.8 cm³/mol. The largest absolute Gasteiger partial charge is 0.351 e. The quantitative estimate of drug-likeness (QED) is 0.665. The van der Waals surface area contributed by atoms with Crippen molar-refractivity contribution in [1.29, 1.82) is 0 Å². The van der Waals surface area contributed by atoms with Crippen molar-refractivity contribution in [3.05, 3.63) is 59.7 Å². The van der Waals surface area contributed by atoms with Crippen molar-refractivity contribution in [2.45, 2.75) is 6.92 Å². The van der Waals surface area contributed by atoms with E-state index in [0.29, 0.717) is 5.69 Å². The first-order valence-corrected chi connectivity index (χ1v) is 9.43. The first kappa shape index (κ1) is 20.3. The van der Waals surface area contributed by atoms with E-state index in [-0.39, 0.29) is 23.7 Å². The average molecular weight is 397 g/mol. The van der Waals surface area contributed by atoms with Gasteiger partial charge in [0, 0.05) is 24.7 Å². The molecule has 2 aromatic carbocycles. The van der Waals surface area contributed by atoms with Gasteiger partial charge < -0.3 is 10.6 Å². The molecule has 2 rings (SSSR count). The van der Waals surface area contributed by atoms with E-state index in [1.54, 1.807) is 12.1 Å². The van der Waals surface area contributed by atoms with Gasteiger partial charge >= 0.3 is 0 Å². The maximum atomic E-state index is 13.1. The Bertz CT molecular complexity index is 964. The molecule has 0 radical (unpaired) electrons. The van der Waals surface area contributed by atoms with Crippen molar-refractivity contribution in [1.82, 2.24) is 5.32 Å². The third-order valence-electron chi connectivity index (χ3n) is 3.29. The van der Waals surface area contributed by atoms with E-state index >= 15 is 0 Å². The monoisotopic (exact) mass is 397 g/mol. The molecule has 0 aliphatic carbocycles. The fraction of sp³-hybridized carbons (Fsp3) is 0.176. The lowest BCUT2D eigenvalue weighted by molar-refractivity contribution is -0.114. The molecule has 0 unspecified atom stereocenters. The van der Waals surface area contributed by atoms with Crippen molar-refractivity contribution in [2.75, 3.05) is 22.3 Å². The fourth-order valence-corrected chi connectivity index (χ4v) is 3.09. The molecule has 2 amide bonds. The third kappa shape index (κ3) is 6.33. The number of carbonyl (C=O) groups is 2. The van der Waals surface area contributed by atoms with E-state index in [2.05, 4.69) is 15.4 Å². The maximum absolute atomic E-state index is 13.1. The lowest BCUT2D eigenvalue weighted by Crippen LogP contribution is -2.31. The molecule has 0 aromatic heterocycles. The maximum Gasteiger partial charge on any atom is 0.251 e. The zero-order valence-electron chi connectivity index (χ0n) is 14.3. The first-order chi connectivity index (χ1) is 12.7. The molecular weight excluding hydrogens is 380 g/mol. The van der Waals surface area contributed by atoms with Gasteiger partial charge in [-0.25, -0.2) is 17.2 Å². The van der Waals surface area contributed by atoms with Gasteiger partial charge in [0.1, 0.15) is 0 Å². The third-order valence-corrected chi connectivity index (χ3v) is 4.58. The standard InChI is InChI=1S/C17H17F2N3O4S/c1-11(23)21-13-3-2-4-14(10-13)22-27(25,26)8-7-20-17(24)12-5-6-15(18)16(19)9-12/h2-6,9-10,22H,7-8H2,1H3,(H,20,24)(H,21,23). The Labute approximate surface area is 154 Å². The molecular formula is C17H17F2N3O4S. The van der Waals surface area contributed by atoms with Gasteiger partial charge in [0.05, 0.1) is 11.4 Å². The van der Waals surface area contributed by atoms with Gasteiger partial charge in [0.2, 0.25) is 15.9 Å². The Morgan fingerprint density at radius 2 is 1.70 bits per heavy atom. The van der Waals surface area contributed by atoms with Crippen LogP contribution in [0.3, 0.4) is 0 Å². The van der Waals surface area contributed by atoms with E-state index in [9.17, 15) is 26.8 Å². The number of nitrogens with one attached hydrogen (secondary N) is 3. The van der Waals surface area contributed by atoms with Crippen LogP contribution in [-0.4, -0.2) is 32.5 Å². The average Bonchev–Trinajstić information content (AvgIpc) is 2.56. The lowest BCUT2D eigenvalue weighted by atomic mass is 10.2. The van der Waals surface area contributed by atoms with E-state index in [1.807, 2.05) is 0 Å². The Morgan fingerprint density at radius 1 is 1.00 bits per heavy atom. The summed E-state index contributed by atoms with van der Waals surface area (Å²) in [6, 6.07) is 8.74. The second kappa shape index (κ2) is 8.58. The van der Waals surface area contributed by atoms with Crippen LogP contribution in [0.15, 0.2) is 42.5 Å². The highest BCUT2D eigenvalue weighted by molar-refractivity contribution is 7.92. The molecule has 0 fully saturated rings. The first-order valence-electron chi connectivity index (χ1n) is 7.78. The van der Waals surface area contributed by atoms with Crippen molar-refractivity contribution >= 4 is 33.2 Å². The molecule has 0 saturated heterocycles. The second-order valence-electron chi connectivity index (χ2n) is 5.57. The van der Waals surface area contributed by atoms with E-state index < -0.39 is 33.3 Å². The number of anilines is 2. The summed E-state index contributed by atoms with van der Waals surface area (Å²) in [7, 11) is -3.78. The molecule has 27 heavy (non-hydrogen) atoms. The Hall–Kier alpha value is -3.01. The van der Waals surface area contributed by atoms with E-state index in [1.165, 1.54) is 19.1 Å². The molecule has 144 valence electrons. The van der Waals surface area contributed by atoms with Crippen LogP contribution in [0.2, 0.25) is 0 Å². The Morgan fingerprint density at radius 3 is 2.37 bits per heavy atom. The molecule has 0 aliphatic heterocycles. The summed E-state index contributed by atoms with van der Waals surface area (Å²) < 4.78 is 52.5. The van der Waals surface area contributed by atoms with Crippen molar-refractivity contribution in [2.24, 2.45) is 0 Å². The van der Waals surface area contributed by atoms with Crippen LogP contribution < -0.4 is 15.4 Å². The normalized spacial score (nSPS) is 10.9. The highest BCUT2D eigenvalue weighted by Crippen LogP contribution is 2.16. The summed E-state index contributed by atoms with van der Waals surface area (Å²) >= 11 is 0. The molecule has 0 saturated carbocycles. The molecule has 7 nitrogen and oxygen atoms in total. The predicted octanol–water partition coefficient (Wildman–Crippen LogP) is 2.09. The molecule has 0 heterocycles. The minimum Gasteiger partial charge on any atom is -0.351 e. The van der Waals surface area contributed by atoms with Gasteiger partial charge in [0.25, 0.3) is 5.91 Å². The smallest absolute Gasteiger partial charge is 0.251 e. The zero-order valence-corrected chi connectivity index (χ0v) is 15.1. The molecule has 10 heteroatoms. The van der Waals surface area contributed by atoms with Crippen LogP contribution in [-0.2, 0) is 14.8 Å². The molecule has 2 aromatic rings. The van der Waals surface area contributed by atoms with Gasteiger partial charge in [-0.05, 0) is 36.4 Å². The number of sulfonamides is 1. The van der Waals surface area contributed by atoms with Gasteiger partial charge in [-0.2, -0.15) is 0 Å². The number of hydrogen-bond acceptors (Lipinski definition) is 4. The Kier molecular flexibility index (Phi) is 6.45. The number of halogens is 2. The summed E-state index contributed by atoms with van der Waals surface area (Å²) in [5.41, 5.74) is 0.546. The van der Waals surface area contributed by atoms with Gasteiger partial charge in [-0.15, -0.1) is 0 Å². The van der Waals surface area contributed by atoms with Crippen molar-refractivity contribution < 1.29 is 26.8 Å². The molecule has 0 aliphatic rings. The summed E-state index contributed by atoms with van der Waals surface area (Å²) in [5, 5.41) is 4.85. The van der Waals surface area contributed by atoms with Crippen molar-refractivity contribution in [3.8, 4) is 0 Å². The SMILES string of the molecule is CC(=O)Nc1cccc(NS(=O)(=O)CCNC(=O)c2ccc(F)c(F)c2)c1. The van der Waals surface area contributed by atoms with E-state index in [4.69, 9.17) is 0 Å². The number of benzene rings is 2. The minimum atomic E-state index is -3.78. The van der Waals surface area contributed by atoms with Crippen LogP contribution in [0.4, 0.5) is 20.2 Å². The van der Waals surface area contributed by atoms with Gasteiger partial charge in [-0.1, -0.05) is 6.07 Å². The van der Waals surface area contributed by atoms with E-state index in [0.717, 1.165) is 18.2 Å². The minimum absolute atomic E-state index is 0.123. The Balaban J connectivity index is 1.92. The van der Waals surface area contributed by atoms with Crippen LogP contribution in [0.5, 0.6) is 0 Å². The highest BCUT2D eigenvalue weighted by atomic mass is 32.2. The topological polar surface area (TPSA) is 104 Å². The van der Waals surface area contributed by atoms with Crippen LogP contribution in [0.25, 0.3) is 0 Å². The number of amides is 2. The van der Waals surface area contributed by atoms with Crippen LogP contribution in [0.1, 0.15) is 17.3 Å².